The Morgan fingerprint density at radius 3 is 2.38 bits per heavy atom. The molecule has 282 valence electrons. The van der Waals surface area contributed by atoms with Gasteiger partial charge in [-0.15, -0.1) is 0 Å². The number of ketones is 1. The molecule has 56 heavy (non-hydrogen) atoms. The average Bonchev–Trinajstić information content (AvgIpc) is 3.79. The normalized spacial score (nSPS) is 18.6. The summed E-state index contributed by atoms with van der Waals surface area (Å²) in [7, 11) is 0. The van der Waals surface area contributed by atoms with Crippen molar-refractivity contribution in [2.75, 3.05) is 31.1 Å². The molecular formula is C43H39N7O6. The largest absolute Gasteiger partial charge is 0.488 e. The van der Waals surface area contributed by atoms with Gasteiger partial charge in [-0.05, 0) is 85.0 Å². The highest BCUT2D eigenvalue weighted by molar-refractivity contribution is 6.08. The maximum atomic E-state index is 13.4. The molecule has 0 bridgehead atoms. The van der Waals surface area contributed by atoms with Crippen LogP contribution in [0.1, 0.15) is 51.1 Å². The Labute approximate surface area is 322 Å². The molecule has 0 radical (unpaired) electrons. The Balaban J connectivity index is 0.812. The van der Waals surface area contributed by atoms with Crippen LogP contribution in [-0.4, -0.2) is 98.8 Å². The highest BCUT2D eigenvalue weighted by Crippen LogP contribution is 2.36. The number of aromatic nitrogens is 3. The number of nitrogens with zero attached hydrogens (tertiary/aromatic N) is 6. The number of fused-ring (bicyclic) bond motifs is 1. The molecule has 3 saturated heterocycles. The summed E-state index contributed by atoms with van der Waals surface area (Å²) in [4.78, 5) is 71.3. The van der Waals surface area contributed by atoms with Gasteiger partial charge in [-0.3, -0.25) is 44.1 Å². The number of amides is 4. The number of hydrogen-bond donors (Lipinski definition) is 1. The van der Waals surface area contributed by atoms with Gasteiger partial charge < -0.3 is 9.64 Å². The van der Waals surface area contributed by atoms with E-state index in [1.807, 2.05) is 71.5 Å². The average molecular weight is 750 g/mol. The van der Waals surface area contributed by atoms with Crippen LogP contribution in [0.3, 0.4) is 0 Å². The third-order valence-electron chi connectivity index (χ3n) is 11.4. The minimum Gasteiger partial charge on any atom is -0.488 e. The Kier molecular flexibility index (Phi) is 9.01. The molecule has 0 saturated carbocycles. The summed E-state index contributed by atoms with van der Waals surface area (Å²) in [5.41, 5.74) is 8.52. The number of rotatable bonds is 10. The summed E-state index contributed by atoms with van der Waals surface area (Å²) < 4.78 is 8.21. The Morgan fingerprint density at radius 2 is 1.62 bits per heavy atom. The number of carbonyl (C=O) groups is 5. The quantitative estimate of drug-likeness (QED) is 0.161. The van der Waals surface area contributed by atoms with Crippen molar-refractivity contribution < 1.29 is 28.7 Å². The van der Waals surface area contributed by atoms with Crippen LogP contribution < -0.4 is 15.0 Å². The van der Waals surface area contributed by atoms with Gasteiger partial charge in [-0.25, -0.2) is 4.68 Å². The lowest BCUT2D eigenvalue weighted by Gasteiger charge is -2.52. The maximum Gasteiger partial charge on any atom is 0.261 e. The first-order valence-electron chi connectivity index (χ1n) is 18.9. The Morgan fingerprint density at radius 1 is 0.857 bits per heavy atom. The molecule has 13 nitrogen and oxygen atoms in total. The summed E-state index contributed by atoms with van der Waals surface area (Å²) in [5, 5.41) is 7.21. The zero-order chi connectivity index (χ0) is 38.5. The van der Waals surface area contributed by atoms with E-state index in [0.717, 1.165) is 88.1 Å². The first-order valence-corrected chi connectivity index (χ1v) is 18.9. The zero-order valence-electron chi connectivity index (χ0n) is 30.8. The van der Waals surface area contributed by atoms with Crippen molar-refractivity contribution in [3.63, 3.8) is 0 Å². The van der Waals surface area contributed by atoms with E-state index in [-0.39, 0.29) is 24.7 Å². The van der Waals surface area contributed by atoms with Crippen molar-refractivity contribution in [2.24, 2.45) is 0 Å². The fraction of sp³-hybridized carbons (Fsp3) is 0.279. The van der Waals surface area contributed by atoms with Crippen molar-refractivity contribution in [2.45, 2.75) is 50.8 Å². The molecule has 1 N–H and O–H groups in total. The van der Waals surface area contributed by atoms with E-state index in [9.17, 15) is 24.0 Å². The van der Waals surface area contributed by atoms with Gasteiger partial charge in [-0.2, -0.15) is 5.10 Å². The highest BCUT2D eigenvalue weighted by atomic mass is 16.5. The van der Waals surface area contributed by atoms with E-state index in [0.29, 0.717) is 30.0 Å². The third-order valence-corrected chi connectivity index (χ3v) is 11.4. The van der Waals surface area contributed by atoms with Gasteiger partial charge in [0.25, 0.3) is 5.91 Å². The fourth-order valence-corrected chi connectivity index (χ4v) is 8.06. The molecular weight excluding hydrogens is 711 g/mol. The molecule has 1 aliphatic carbocycles. The van der Waals surface area contributed by atoms with Crippen molar-refractivity contribution in [1.29, 1.82) is 0 Å². The van der Waals surface area contributed by atoms with E-state index < -0.39 is 23.8 Å². The second-order valence-electron chi connectivity index (χ2n) is 14.9. The van der Waals surface area contributed by atoms with Crippen LogP contribution in [0.15, 0.2) is 91.4 Å². The molecule has 4 aliphatic rings. The van der Waals surface area contributed by atoms with Crippen molar-refractivity contribution in [1.82, 2.24) is 29.9 Å². The number of carbonyl (C=O) groups excluding carboxylic acids is 5. The number of ether oxygens (including phenoxy) is 1. The monoisotopic (exact) mass is 749 g/mol. The Bertz CT molecular complexity index is 2380. The maximum absolute atomic E-state index is 13.4. The van der Waals surface area contributed by atoms with Crippen molar-refractivity contribution in [3.05, 3.63) is 114 Å². The Hall–Kier alpha value is -6.47. The molecule has 5 aromatic rings. The smallest absolute Gasteiger partial charge is 0.261 e. The topological polar surface area (TPSA) is 147 Å². The van der Waals surface area contributed by atoms with Crippen LogP contribution in [0.2, 0.25) is 0 Å². The van der Waals surface area contributed by atoms with Crippen LogP contribution >= 0.6 is 0 Å². The minimum absolute atomic E-state index is 0.0707. The molecule has 3 aromatic carbocycles. The molecule has 3 aliphatic heterocycles. The number of nitrogens with one attached hydrogen (secondary N) is 1. The molecule has 1 unspecified atom stereocenters. The van der Waals surface area contributed by atoms with Gasteiger partial charge in [0.05, 0.1) is 5.69 Å². The number of imide groups is 2. The highest BCUT2D eigenvalue weighted by Gasteiger charge is 2.41. The lowest BCUT2D eigenvalue weighted by molar-refractivity contribution is -0.139. The number of piperidine rings is 1. The summed E-state index contributed by atoms with van der Waals surface area (Å²) in [6.45, 7) is 5.00. The third kappa shape index (κ3) is 6.53. The number of aryl methyl sites for hydroxylation is 2. The number of likely N-dealkylation sites (tertiary alicyclic amines) is 1. The fourth-order valence-electron chi connectivity index (χ4n) is 8.06. The van der Waals surface area contributed by atoms with Crippen LogP contribution in [0, 0.1) is 6.92 Å². The van der Waals surface area contributed by atoms with Crippen LogP contribution in [0.25, 0.3) is 28.1 Å². The number of pyridine rings is 1. The number of benzene rings is 3. The molecule has 1 atom stereocenters. The molecule has 13 heteroatoms. The van der Waals surface area contributed by atoms with Gasteiger partial charge in [0.1, 0.15) is 23.6 Å². The SMILES string of the molecule is Cc1ccc(N2CC(N3CC(Oc4ccc(-n5cc(-c6ccc7c(c6)CCC7=O)c(-c6ccncc6)n5)cc4)C3)C2)cc1C(=O)N(C=O)C1CCC(=O)NC1=O. The van der Waals surface area contributed by atoms with Crippen LogP contribution in [-0.2, 0) is 20.8 Å². The summed E-state index contributed by atoms with van der Waals surface area (Å²) in [6, 6.07) is 22.8. The first-order chi connectivity index (χ1) is 27.2. The molecule has 5 heterocycles. The van der Waals surface area contributed by atoms with Gasteiger partial charge in [0.15, 0.2) is 5.78 Å². The van der Waals surface area contributed by atoms with E-state index >= 15 is 0 Å². The summed E-state index contributed by atoms with van der Waals surface area (Å²) in [6.07, 6.45) is 7.50. The lowest BCUT2D eigenvalue weighted by atomic mass is 9.98. The van der Waals surface area contributed by atoms with Crippen LogP contribution in [0.4, 0.5) is 5.69 Å². The van der Waals surface area contributed by atoms with E-state index in [1.165, 1.54) is 0 Å². The van der Waals surface area contributed by atoms with Gasteiger partial charge in [-0.1, -0.05) is 24.3 Å². The van der Waals surface area contributed by atoms with Gasteiger partial charge in [0.2, 0.25) is 18.2 Å². The number of anilines is 1. The molecule has 0 spiro atoms. The molecule has 9 rings (SSSR count). The molecule has 2 aromatic heterocycles. The predicted octanol–water partition coefficient (Wildman–Crippen LogP) is 4.39. The van der Waals surface area contributed by atoms with E-state index in [1.54, 1.807) is 25.4 Å². The van der Waals surface area contributed by atoms with E-state index in [4.69, 9.17) is 9.84 Å². The van der Waals surface area contributed by atoms with Crippen molar-refractivity contribution in [3.8, 4) is 33.8 Å². The number of Topliss-reactive ketones (excluding diaryl/α,β-unsaturated/α-hetero) is 1. The van der Waals surface area contributed by atoms with Gasteiger partial charge in [0, 0.05) is 91.6 Å². The number of hydrogen-bond acceptors (Lipinski definition) is 10. The molecule has 4 amide bonds. The molecule has 3 fully saturated rings. The van der Waals surface area contributed by atoms with Crippen molar-refractivity contribution >= 4 is 35.6 Å². The van der Waals surface area contributed by atoms with Gasteiger partial charge >= 0.3 is 0 Å². The van der Waals surface area contributed by atoms with Crippen LogP contribution in [0.5, 0.6) is 5.75 Å². The zero-order valence-corrected chi connectivity index (χ0v) is 30.8. The second-order valence-corrected chi connectivity index (χ2v) is 14.9. The summed E-state index contributed by atoms with van der Waals surface area (Å²) >= 11 is 0. The lowest BCUT2D eigenvalue weighted by Crippen LogP contribution is -2.67. The second kappa shape index (κ2) is 14.3. The first kappa shape index (κ1) is 35.2. The summed E-state index contributed by atoms with van der Waals surface area (Å²) in [5.74, 6) is -0.610. The standard InChI is InChI=1S/C43H39N7O6/c1-26-2-5-31(19-36(26)43(55)49(25-51)38-11-13-40(53)45-42(38)54)47-20-32(21-47)48-22-34(23-48)56-33-8-6-30(7-9-33)50-24-37(41(46-50)27-14-16-44-17-15-27)29-3-10-35-28(18-29)4-12-39(35)52/h2-3,5-10,14-19,24-25,32,34,38H,4,11-13,20-23H2,1H3,(H,45,53,54). The minimum atomic E-state index is -1.01. The van der Waals surface area contributed by atoms with E-state index in [2.05, 4.69) is 26.2 Å². The predicted molar refractivity (Wildman–Crippen MR) is 206 cm³/mol.